The molecule has 0 saturated heterocycles. The molecular formula is C15H21NO5. The Kier molecular flexibility index (Phi) is 5.18. The Balaban J connectivity index is 3.15. The lowest BCUT2D eigenvalue weighted by atomic mass is 9.92. The van der Waals surface area contributed by atoms with Gasteiger partial charge in [0.25, 0.3) is 0 Å². The average molecular weight is 295 g/mol. The van der Waals surface area contributed by atoms with Gasteiger partial charge in [0.1, 0.15) is 0 Å². The predicted molar refractivity (Wildman–Crippen MR) is 79.2 cm³/mol. The molecule has 0 bridgehead atoms. The third-order valence-corrected chi connectivity index (χ3v) is 2.72. The topological polar surface area (TPSA) is 84.9 Å². The number of anilines is 1. The standard InChI is InChI=1S/C15H21NO5/c1-15(2,3)8-13(17)16-10-7-12(21-5)11(20-4)6-9(10)14(18)19/h6-7H,8H2,1-5H3,(H,16,17)(H,18,19). The normalized spacial score (nSPS) is 10.9. The van der Waals surface area contributed by atoms with Crippen molar-refractivity contribution in [1.82, 2.24) is 0 Å². The molecule has 0 radical (unpaired) electrons. The number of hydrogen-bond donors (Lipinski definition) is 2. The number of hydrogen-bond acceptors (Lipinski definition) is 4. The van der Waals surface area contributed by atoms with Crippen molar-refractivity contribution in [3.8, 4) is 11.5 Å². The molecule has 1 aromatic rings. The van der Waals surface area contributed by atoms with Crippen LogP contribution in [0.1, 0.15) is 37.6 Å². The molecule has 6 heteroatoms. The third-order valence-electron chi connectivity index (χ3n) is 2.72. The van der Waals surface area contributed by atoms with Crippen LogP contribution in [0.2, 0.25) is 0 Å². The number of ether oxygens (including phenoxy) is 2. The summed E-state index contributed by atoms with van der Waals surface area (Å²) < 4.78 is 10.2. The predicted octanol–water partition coefficient (Wildman–Crippen LogP) is 2.78. The molecule has 0 aliphatic carbocycles. The highest BCUT2D eigenvalue weighted by atomic mass is 16.5. The smallest absolute Gasteiger partial charge is 0.337 e. The summed E-state index contributed by atoms with van der Waals surface area (Å²) >= 11 is 0. The van der Waals surface area contributed by atoms with Gasteiger partial charge in [0.05, 0.1) is 25.5 Å². The first-order valence-electron chi connectivity index (χ1n) is 6.47. The van der Waals surface area contributed by atoms with E-state index < -0.39 is 5.97 Å². The Morgan fingerprint density at radius 3 is 2.10 bits per heavy atom. The summed E-state index contributed by atoms with van der Waals surface area (Å²) in [7, 11) is 2.86. The highest BCUT2D eigenvalue weighted by Crippen LogP contribution is 2.33. The van der Waals surface area contributed by atoms with Gasteiger partial charge < -0.3 is 19.9 Å². The Labute approximate surface area is 124 Å². The van der Waals surface area contributed by atoms with E-state index in [2.05, 4.69) is 5.32 Å². The molecule has 1 rings (SSSR count). The van der Waals surface area contributed by atoms with Crippen molar-refractivity contribution in [1.29, 1.82) is 0 Å². The molecule has 0 aliphatic rings. The monoisotopic (exact) mass is 295 g/mol. The van der Waals surface area contributed by atoms with Crippen LogP contribution in [0.3, 0.4) is 0 Å². The molecule has 0 aliphatic heterocycles. The van der Waals surface area contributed by atoms with E-state index in [0.717, 1.165) is 0 Å². The van der Waals surface area contributed by atoms with Crippen molar-refractivity contribution < 1.29 is 24.2 Å². The highest BCUT2D eigenvalue weighted by Gasteiger charge is 2.20. The molecule has 6 nitrogen and oxygen atoms in total. The number of nitrogens with one attached hydrogen (secondary N) is 1. The van der Waals surface area contributed by atoms with E-state index in [4.69, 9.17) is 9.47 Å². The molecule has 21 heavy (non-hydrogen) atoms. The number of carboxylic acid groups (broad SMARTS) is 1. The van der Waals surface area contributed by atoms with Crippen molar-refractivity contribution in [3.63, 3.8) is 0 Å². The molecule has 0 heterocycles. The fraction of sp³-hybridized carbons (Fsp3) is 0.467. The van der Waals surface area contributed by atoms with Crippen LogP contribution in [-0.2, 0) is 4.79 Å². The average Bonchev–Trinajstić information content (AvgIpc) is 2.35. The Morgan fingerprint density at radius 2 is 1.67 bits per heavy atom. The zero-order valence-corrected chi connectivity index (χ0v) is 12.9. The molecule has 0 fully saturated rings. The number of amides is 1. The van der Waals surface area contributed by atoms with E-state index in [-0.39, 0.29) is 29.0 Å². The lowest BCUT2D eigenvalue weighted by molar-refractivity contribution is -0.117. The maximum Gasteiger partial charge on any atom is 0.337 e. The van der Waals surface area contributed by atoms with Crippen molar-refractivity contribution in [2.75, 3.05) is 19.5 Å². The molecule has 0 aromatic heterocycles. The molecule has 0 atom stereocenters. The number of carbonyl (C=O) groups excluding carboxylic acids is 1. The van der Waals surface area contributed by atoms with Gasteiger partial charge in [-0.05, 0) is 5.41 Å². The van der Waals surface area contributed by atoms with Gasteiger partial charge in [0, 0.05) is 18.6 Å². The van der Waals surface area contributed by atoms with Crippen molar-refractivity contribution >= 4 is 17.6 Å². The molecule has 0 saturated carbocycles. The largest absolute Gasteiger partial charge is 0.493 e. The fourth-order valence-corrected chi connectivity index (χ4v) is 1.84. The maximum absolute atomic E-state index is 12.0. The van der Waals surface area contributed by atoms with Crippen LogP contribution in [0.5, 0.6) is 11.5 Å². The zero-order valence-electron chi connectivity index (χ0n) is 12.9. The summed E-state index contributed by atoms with van der Waals surface area (Å²) in [6.45, 7) is 5.79. The summed E-state index contributed by atoms with van der Waals surface area (Å²) in [5, 5.41) is 11.9. The van der Waals surface area contributed by atoms with Crippen molar-refractivity contribution in [3.05, 3.63) is 17.7 Å². The number of benzene rings is 1. The van der Waals surface area contributed by atoms with E-state index in [1.807, 2.05) is 20.8 Å². The Morgan fingerprint density at radius 1 is 1.14 bits per heavy atom. The van der Waals surface area contributed by atoms with Crippen LogP contribution in [0.15, 0.2) is 12.1 Å². The first kappa shape index (κ1) is 16.8. The summed E-state index contributed by atoms with van der Waals surface area (Å²) in [6, 6.07) is 2.77. The minimum atomic E-state index is -1.15. The summed E-state index contributed by atoms with van der Waals surface area (Å²) in [4.78, 5) is 23.3. The number of methoxy groups -OCH3 is 2. The van der Waals surface area contributed by atoms with Gasteiger partial charge in [-0.3, -0.25) is 4.79 Å². The van der Waals surface area contributed by atoms with Crippen LogP contribution >= 0.6 is 0 Å². The second-order valence-electron chi connectivity index (χ2n) is 5.84. The Bertz CT molecular complexity index is 546. The summed E-state index contributed by atoms with van der Waals surface area (Å²) in [5.41, 5.74) is -0.0476. The minimum absolute atomic E-state index is 0.0464. The van der Waals surface area contributed by atoms with E-state index in [0.29, 0.717) is 11.5 Å². The van der Waals surface area contributed by atoms with Crippen molar-refractivity contribution in [2.45, 2.75) is 27.2 Å². The number of rotatable bonds is 5. The van der Waals surface area contributed by atoms with E-state index in [1.165, 1.54) is 26.4 Å². The van der Waals surface area contributed by atoms with E-state index in [9.17, 15) is 14.7 Å². The van der Waals surface area contributed by atoms with Crippen LogP contribution in [0.25, 0.3) is 0 Å². The van der Waals surface area contributed by atoms with Crippen LogP contribution in [0, 0.1) is 5.41 Å². The number of aromatic carboxylic acids is 1. The molecular weight excluding hydrogens is 274 g/mol. The third kappa shape index (κ3) is 4.66. The molecule has 0 spiro atoms. The Hall–Kier alpha value is -2.24. The number of carbonyl (C=O) groups is 2. The summed E-state index contributed by atoms with van der Waals surface area (Å²) in [5.74, 6) is -0.753. The van der Waals surface area contributed by atoms with Crippen LogP contribution in [0.4, 0.5) is 5.69 Å². The maximum atomic E-state index is 12.0. The molecule has 2 N–H and O–H groups in total. The van der Waals surface area contributed by atoms with Crippen molar-refractivity contribution in [2.24, 2.45) is 5.41 Å². The van der Waals surface area contributed by atoms with E-state index >= 15 is 0 Å². The fourth-order valence-electron chi connectivity index (χ4n) is 1.84. The molecule has 0 unspecified atom stereocenters. The molecule has 1 aromatic carbocycles. The quantitative estimate of drug-likeness (QED) is 0.872. The van der Waals surface area contributed by atoms with Gasteiger partial charge in [0.15, 0.2) is 11.5 Å². The van der Waals surface area contributed by atoms with Gasteiger partial charge in [-0.15, -0.1) is 0 Å². The number of carboxylic acids is 1. The molecule has 116 valence electrons. The second-order valence-corrected chi connectivity index (χ2v) is 5.84. The summed E-state index contributed by atoms with van der Waals surface area (Å²) in [6.07, 6.45) is 0.278. The highest BCUT2D eigenvalue weighted by molar-refractivity contribution is 6.01. The van der Waals surface area contributed by atoms with Gasteiger partial charge in [-0.2, -0.15) is 0 Å². The first-order valence-corrected chi connectivity index (χ1v) is 6.47. The molecule has 1 amide bonds. The zero-order chi connectivity index (χ0) is 16.2. The lowest BCUT2D eigenvalue weighted by Crippen LogP contribution is -2.21. The van der Waals surface area contributed by atoms with Gasteiger partial charge in [-0.25, -0.2) is 4.79 Å². The van der Waals surface area contributed by atoms with E-state index in [1.54, 1.807) is 0 Å². The van der Waals surface area contributed by atoms with Gasteiger partial charge in [-0.1, -0.05) is 20.8 Å². The lowest BCUT2D eigenvalue weighted by Gasteiger charge is -2.18. The van der Waals surface area contributed by atoms with Crippen LogP contribution < -0.4 is 14.8 Å². The minimum Gasteiger partial charge on any atom is -0.493 e. The first-order chi connectivity index (χ1) is 9.67. The van der Waals surface area contributed by atoms with Gasteiger partial charge in [0.2, 0.25) is 5.91 Å². The van der Waals surface area contributed by atoms with Crippen LogP contribution in [-0.4, -0.2) is 31.2 Å². The van der Waals surface area contributed by atoms with Gasteiger partial charge >= 0.3 is 5.97 Å². The second kappa shape index (κ2) is 6.47. The SMILES string of the molecule is COc1cc(NC(=O)CC(C)(C)C)c(C(=O)O)cc1OC.